The number of rotatable bonds is 2. The minimum absolute atomic E-state index is 0.671. The Kier molecular flexibility index (Phi) is 3.77. The van der Waals surface area contributed by atoms with Gasteiger partial charge in [-0.3, -0.25) is 0 Å². The van der Waals surface area contributed by atoms with Gasteiger partial charge < -0.3 is 14.7 Å². The molecule has 5 heterocycles. The average Bonchev–Trinajstić information content (AvgIpc) is 3.20. The molecule has 2 fully saturated rings. The third-order valence-electron chi connectivity index (χ3n) is 6.10. The summed E-state index contributed by atoms with van der Waals surface area (Å²) in [6, 6.07) is 2.27. The lowest BCUT2D eigenvalue weighted by atomic mass is 10.0. The van der Waals surface area contributed by atoms with Crippen molar-refractivity contribution in [3.8, 4) is 0 Å². The highest BCUT2D eigenvalue weighted by molar-refractivity contribution is 5.48. The van der Waals surface area contributed by atoms with E-state index in [4.69, 9.17) is 0 Å². The lowest BCUT2D eigenvalue weighted by molar-refractivity contribution is 0.308. The van der Waals surface area contributed by atoms with E-state index < -0.39 is 0 Å². The molecule has 7 nitrogen and oxygen atoms in total. The lowest BCUT2D eigenvalue weighted by Crippen LogP contribution is -2.31. The number of hydrogen-bond donors (Lipinski definition) is 0. The van der Waals surface area contributed by atoms with Crippen LogP contribution in [0.15, 0.2) is 18.6 Å². The molecular weight excluding hydrogens is 326 g/mol. The Morgan fingerprint density at radius 3 is 2.58 bits per heavy atom. The molecule has 0 bridgehead atoms. The van der Waals surface area contributed by atoms with Gasteiger partial charge >= 0.3 is 0 Å². The van der Waals surface area contributed by atoms with E-state index in [9.17, 15) is 0 Å². The molecule has 0 spiro atoms. The predicted molar refractivity (Wildman–Crippen MR) is 100 cm³/mol. The molecule has 0 saturated carbocycles. The SMILES string of the molecule is Cc1cncnc1N1CC2CN(c3cc4c(nn3)CCN(C)C4)CC2C1. The fraction of sp³-hybridized carbons (Fsp3) is 0.579. The standard InChI is InChI=1S/C19H25N7/c1-13-6-20-12-21-19(13)26-10-15-8-25(9-16(15)11-26)18-5-14-7-24(2)4-3-17(14)22-23-18/h5-6,12,15-16H,3-4,7-11H2,1-2H3. The van der Waals surface area contributed by atoms with Crippen molar-refractivity contribution in [2.45, 2.75) is 19.9 Å². The number of nitrogens with zero attached hydrogens (tertiary/aromatic N) is 7. The highest BCUT2D eigenvalue weighted by Crippen LogP contribution is 2.36. The van der Waals surface area contributed by atoms with Gasteiger partial charge in [-0.25, -0.2) is 9.97 Å². The van der Waals surface area contributed by atoms with Gasteiger partial charge in [0.2, 0.25) is 0 Å². The summed E-state index contributed by atoms with van der Waals surface area (Å²) in [6.07, 6.45) is 4.57. The van der Waals surface area contributed by atoms with Crippen LogP contribution in [0.4, 0.5) is 11.6 Å². The van der Waals surface area contributed by atoms with Crippen molar-refractivity contribution < 1.29 is 0 Å². The average molecular weight is 351 g/mol. The number of likely N-dealkylation sites (N-methyl/N-ethyl adjacent to an activating group) is 1. The lowest BCUT2D eigenvalue weighted by Gasteiger charge is -2.26. The smallest absolute Gasteiger partial charge is 0.151 e. The van der Waals surface area contributed by atoms with Crippen LogP contribution in [0.25, 0.3) is 0 Å². The number of aromatic nitrogens is 4. The molecule has 2 unspecified atom stereocenters. The first-order valence-electron chi connectivity index (χ1n) is 9.48. The summed E-state index contributed by atoms with van der Waals surface area (Å²) in [4.78, 5) is 15.8. The normalized spacial score (nSPS) is 25.5. The van der Waals surface area contributed by atoms with Crippen molar-refractivity contribution in [1.82, 2.24) is 25.1 Å². The second-order valence-electron chi connectivity index (χ2n) is 8.02. The van der Waals surface area contributed by atoms with E-state index in [0.29, 0.717) is 11.8 Å². The van der Waals surface area contributed by atoms with Crippen molar-refractivity contribution in [2.24, 2.45) is 11.8 Å². The van der Waals surface area contributed by atoms with Crippen molar-refractivity contribution >= 4 is 11.6 Å². The maximum atomic E-state index is 4.54. The predicted octanol–water partition coefficient (Wildman–Crippen LogP) is 1.14. The molecule has 7 heteroatoms. The monoisotopic (exact) mass is 351 g/mol. The molecular formula is C19H25N7. The highest BCUT2D eigenvalue weighted by Gasteiger charge is 2.41. The molecule has 2 saturated heterocycles. The Labute approximate surface area is 154 Å². The summed E-state index contributed by atoms with van der Waals surface area (Å²) >= 11 is 0. The van der Waals surface area contributed by atoms with E-state index in [-0.39, 0.29) is 0 Å². The zero-order chi connectivity index (χ0) is 17.7. The van der Waals surface area contributed by atoms with Crippen molar-refractivity contribution in [3.63, 3.8) is 0 Å². The van der Waals surface area contributed by atoms with Crippen molar-refractivity contribution in [2.75, 3.05) is 49.6 Å². The van der Waals surface area contributed by atoms with Crippen molar-refractivity contribution in [1.29, 1.82) is 0 Å². The zero-order valence-corrected chi connectivity index (χ0v) is 15.5. The summed E-state index contributed by atoms with van der Waals surface area (Å²) in [6.45, 7) is 8.42. The number of anilines is 2. The molecule has 3 aliphatic heterocycles. The largest absolute Gasteiger partial charge is 0.356 e. The van der Waals surface area contributed by atoms with Crippen LogP contribution >= 0.6 is 0 Å². The van der Waals surface area contributed by atoms with Gasteiger partial charge in [0.15, 0.2) is 5.82 Å². The number of fused-ring (bicyclic) bond motifs is 2. The first-order valence-corrected chi connectivity index (χ1v) is 9.48. The number of aryl methyl sites for hydroxylation is 1. The van der Waals surface area contributed by atoms with Crippen LogP contribution in [0.2, 0.25) is 0 Å². The third-order valence-corrected chi connectivity index (χ3v) is 6.10. The second kappa shape index (κ2) is 6.16. The fourth-order valence-corrected chi connectivity index (χ4v) is 4.69. The first kappa shape index (κ1) is 15.9. The fourth-order valence-electron chi connectivity index (χ4n) is 4.69. The molecule has 5 rings (SSSR count). The van der Waals surface area contributed by atoms with Crippen LogP contribution in [0, 0.1) is 18.8 Å². The molecule has 2 atom stereocenters. The highest BCUT2D eigenvalue weighted by atomic mass is 15.3. The van der Waals surface area contributed by atoms with Crippen molar-refractivity contribution in [3.05, 3.63) is 35.4 Å². The van der Waals surface area contributed by atoms with Crippen LogP contribution in [0.5, 0.6) is 0 Å². The quantitative estimate of drug-likeness (QED) is 0.804. The molecule has 136 valence electrons. The molecule has 0 aromatic carbocycles. The topological polar surface area (TPSA) is 61.3 Å². The molecule has 0 amide bonds. The molecule has 0 aliphatic carbocycles. The van der Waals surface area contributed by atoms with Crippen LogP contribution in [-0.4, -0.2) is 64.8 Å². The molecule has 0 N–H and O–H groups in total. The third kappa shape index (κ3) is 2.70. The Balaban J connectivity index is 1.30. The Morgan fingerprint density at radius 2 is 1.81 bits per heavy atom. The summed E-state index contributed by atoms with van der Waals surface area (Å²) in [5, 5.41) is 9.06. The van der Waals surface area contributed by atoms with Crippen LogP contribution in [0.3, 0.4) is 0 Å². The summed E-state index contributed by atoms with van der Waals surface area (Å²) in [5.41, 5.74) is 3.68. The number of hydrogen-bond acceptors (Lipinski definition) is 7. The van der Waals surface area contributed by atoms with Crippen LogP contribution in [0.1, 0.15) is 16.8 Å². The maximum Gasteiger partial charge on any atom is 0.151 e. The molecule has 3 aliphatic rings. The maximum absolute atomic E-state index is 4.54. The van der Waals surface area contributed by atoms with Gasteiger partial charge in [-0.1, -0.05) is 0 Å². The van der Waals surface area contributed by atoms with Gasteiger partial charge in [0.05, 0.1) is 5.69 Å². The van der Waals surface area contributed by atoms with Gasteiger partial charge in [-0.2, -0.15) is 5.10 Å². The van der Waals surface area contributed by atoms with Gasteiger partial charge in [0.25, 0.3) is 0 Å². The summed E-state index contributed by atoms with van der Waals surface area (Å²) < 4.78 is 0. The summed E-state index contributed by atoms with van der Waals surface area (Å²) in [5.74, 6) is 3.49. The summed E-state index contributed by atoms with van der Waals surface area (Å²) in [7, 11) is 2.17. The van der Waals surface area contributed by atoms with Gasteiger partial charge in [0, 0.05) is 69.3 Å². The van der Waals surface area contributed by atoms with E-state index in [2.05, 4.69) is 54.9 Å². The Morgan fingerprint density at radius 1 is 1.04 bits per heavy atom. The zero-order valence-electron chi connectivity index (χ0n) is 15.5. The van der Waals surface area contributed by atoms with Crippen LogP contribution < -0.4 is 9.80 Å². The molecule has 2 aromatic rings. The van der Waals surface area contributed by atoms with Gasteiger partial charge in [-0.15, -0.1) is 5.10 Å². The molecule has 0 radical (unpaired) electrons. The van der Waals surface area contributed by atoms with E-state index >= 15 is 0 Å². The Hall–Kier alpha value is -2.28. The van der Waals surface area contributed by atoms with E-state index in [0.717, 1.165) is 62.9 Å². The first-order chi connectivity index (χ1) is 12.7. The van der Waals surface area contributed by atoms with E-state index in [1.807, 2.05) is 6.20 Å². The van der Waals surface area contributed by atoms with E-state index in [1.165, 1.54) is 11.3 Å². The molecule has 26 heavy (non-hydrogen) atoms. The van der Waals surface area contributed by atoms with E-state index in [1.54, 1.807) is 6.33 Å². The second-order valence-corrected chi connectivity index (χ2v) is 8.02. The minimum Gasteiger partial charge on any atom is -0.356 e. The molecule has 2 aromatic heterocycles. The minimum atomic E-state index is 0.671. The Bertz CT molecular complexity index is 809. The van der Waals surface area contributed by atoms with Crippen LogP contribution in [-0.2, 0) is 13.0 Å². The van der Waals surface area contributed by atoms with Gasteiger partial charge in [-0.05, 0) is 25.6 Å². The van der Waals surface area contributed by atoms with Gasteiger partial charge in [0.1, 0.15) is 12.1 Å².